The maximum atomic E-state index is 10.9. The molecule has 0 amide bonds. The summed E-state index contributed by atoms with van der Waals surface area (Å²) in [6.45, 7) is 6.75. The summed E-state index contributed by atoms with van der Waals surface area (Å²) in [6, 6.07) is 3.21. The molecule has 0 aliphatic carbocycles. The van der Waals surface area contributed by atoms with E-state index in [0.717, 1.165) is 6.29 Å². The van der Waals surface area contributed by atoms with Crippen LogP contribution in [0.1, 0.15) is 31.1 Å². The number of carbonyl (C=O) groups is 1. The van der Waals surface area contributed by atoms with Crippen molar-refractivity contribution in [2.24, 2.45) is 0 Å². The molecule has 0 aliphatic heterocycles. The number of carbonyl (C=O) groups excluding carboxylic acids is 1. The molecule has 0 spiro atoms. The van der Waals surface area contributed by atoms with Gasteiger partial charge in [0.15, 0.2) is 11.5 Å². The number of ether oxygens (including phenoxy) is 4. The Morgan fingerprint density at radius 1 is 1.05 bits per heavy atom. The molecule has 0 aromatic heterocycles. The van der Waals surface area contributed by atoms with Gasteiger partial charge in [0, 0.05) is 5.56 Å². The fraction of sp³-hybridized carbons (Fsp3) is 0.533. The maximum absolute atomic E-state index is 10.9. The molecule has 1 aromatic carbocycles. The molecule has 112 valence electrons. The first kappa shape index (κ1) is 16.3. The van der Waals surface area contributed by atoms with Crippen molar-refractivity contribution in [3.63, 3.8) is 0 Å². The van der Waals surface area contributed by atoms with E-state index in [1.807, 2.05) is 20.8 Å². The third-order valence-electron chi connectivity index (χ3n) is 2.48. The van der Waals surface area contributed by atoms with Gasteiger partial charge in [-0.3, -0.25) is 4.79 Å². The van der Waals surface area contributed by atoms with Crippen LogP contribution in [0.2, 0.25) is 0 Å². The third kappa shape index (κ3) is 4.74. The second-order valence-corrected chi connectivity index (χ2v) is 5.18. The van der Waals surface area contributed by atoms with Gasteiger partial charge < -0.3 is 18.9 Å². The van der Waals surface area contributed by atoms with Crippen molar-refractivity contribution in [3.8, 4) is 17.2 Å². The summed E-state index contributed by atoms with van der Waals surface area (Å²) in [6.07, 6.45) is 0.734. The SMILES string of the molecule is COc1cc(C=O)cc(OC)c1OCCOC(C)(C)C. The number of benzene rings is 1. The van der Waals surface area contributed by atoms with Crippen molar-refractivity contribution in [2.45, 2.75) is 26.4 Å². The highest BCUT2D eigenvalue weighted by Crippen LogP contribution is 2.38. The van der Waals surface area contributed by atoms with Crippen molar-refractivity contribution in [2.75, 3.05) is 27.4 Å². The molecule has 5 nitrogen and oxygen atoms in total. The molecule has 20 heavy (non-hydrogen) atoms. The third-order valence-corrected chi connectivity index (χ3v) is 2.48. The highest BCUT2D eigenvalue weighted by atomic mass is 16.6. The van der Waals surface area contributed by atoms with Gasteiger partial charge in [-0.25, -0.2) is 0 Å². The van der Waals surface area contributed by atoms with E-state index in [4.69, 9.17) is 18.9 Å². The second kappa shape index (κ2) is 7.14. The molecule has 0 unspecified atom stereocenters. The van der Waals surface area contributed by atoms with Crippen LogP contribution in [0, 0.1) is 0 Å². The minimum atomic E-state index is -0.209. The summed E-state index contributed by atoms with van der Waals surface area (Å²) in [7, 11) is 3.03. The highest BCUT2D eigenvalue weighted by molar-refractivity contribution is 5.78. The second-order valence-electron chi connectivity index (χ2n) is 5.18. The van der Waals surface area contributed by atoms with Crippen molar-refractivity contribution >= 4 is 6.29 Å². The van der Waals surface area contributed by atoms with E-state index in [1.54, 1.807) is 12.1 Å². The zero-order valence-corrected chi connectivity index (χ0v) is 12.7. The van der Waals surface area contributed by atoms with Crippen LogP contribution in [0.15, 0.2) is 12.1 Å². The van der Waals surface area contributed by atoms with Crippen molar-refractivity contribution in [1.29, 1.82) is 0 Å². The number of rotatable bonds is 7. The first-order chi connectivity index (χ1) is 9.41. The molecule has 1 aromatic rings. The fourth-order valence-corrected chi connectivity index (χ4v) is 1.60. The predicted octanol–water partition coefficient (Wildman–Crippen LogP) is 2.71. The number of methoxy groups -OCH3 is 2. The topological polar surface area (TPSA) is 54.0 Å². The molecular weight excluding hydrogens is 260 g/mol. The van der Waals surface area contributed by atoms with Crippen LogP contribution in [0.5, 0.6) is 17.2 Å². The molecule has 0 radical (unpaired) electrons. The van der Waals surface area contributed by atoms with E-state index in [1.165, 1.54) is 14.2 Å². The number of aldehydes is 1. The van der Waals surface area contributed by atoms with Gasteiger partial charge in [0.25, 0.3) is 0 Å². The highest BCUT2D eigenvalue weighted by Gasteiger charge is 2.15. The van der Waals surface area contributed by atoms with Crippen LogP contribution in [0.4, 0.5) is 0 Å². The smallest absolute Gasteiger partial charge is 0.203 e. The summed E-state index contributed by atoms with van der Waals surface area (Å²) in [5, 5.41) is 0. The van der Waals surface area contributed by atoms with Crippen LogP contribution in [-0.4, -0.2) is 39.3 Å². The monoisotopic (exact) mass is 282 g/mol. The van der Waals surface area contributed by atoms with E-state index in [0.29, 0.717) is 36.0 Å². The van der Waals surface area contributed by atoms with Crippen LogP contribution in [0.3, 0.4) is 0 Å². The van der Waals surface area contributed by atoms with Gasteiger partial charge >= 0.3 is 0 Å². The van der Waals surface area contributed by atoms with Gasteiger partial charge in [-0.05, 0) is 32.9 Å². The zero-order valence-electron chi connectivity index (χ0n) is 12.7. The van der Waals surface area contributed by atoms with E-state index in [-0.39, 0.29) is 5.60 Å². The van der Waals surface area contributed by atoms with E-state index < -0.39 is 0 Å². The Bertz CT molecular complexity index is 423. The molecule has 0 heterocycles. The molecule has 0 fully saturated rings. The molecule has 0 N–H and O–H groups in total. The first-order valence-corrected chi connectivity index (χ1v) is 6.39. The summed E-state index contributed by atoms with van der Waals surface area (Å²) < 4.78 is 21.7. The first-order valence-electron chi connectivity index (χ1n) is 6.39. The molecule has 0 bridgehead atoms. The van der Waals surface area contributed by atoms with Crippen molar-refractivity contribution < 1.29 is 23.7 Å². The summed E-state index contributed by atoms with van der Waals surface area (Å²) >= 11 is 0. The van der Waals surface area contributed by atoms with Gasteiger partial charge in [-0.1, -0.05) is 0 Å². The Balaban J connectivity index is 2.79. The van der Waals surface area contributed by atoms with Crippen LogP contribution >= 0.6 is 0 Å². The van der Waals surface area contributed by atoms with Crippen molar-refractivity contribution in [1.82, 2.24) is 0 Å². The summed E-state index contributed by atoms with van der Waals surface area (Å²) in [5.74, 6) is 1.39. The lowest BCUT2D eigenvalue weighted by molar-refractivity contribution is -0.0167. The largest absolute Gasteiger partial charge is 0.493 e. The molecule has 0 aliphatic rings. The van der Waals surface area contributed by atoms with Crippen LogP contribution in [0.25, 0.3) is 0 Å². The summed E-state index contributed by atoms with van der Waals surface area (Å²) in [5.41, 5.74) is 0.260. The number of hydrogen-bond acceptors (Lipinski definition) is 5. The minimum Gasteiger partial charge on any atom is -0.493 e. The van der Waals surface area contributed by atoms with Gasteiger partial charge in [-0.15, -0.1) is 0 Å². The van der Waals surface area contributed by atoms with Gasteiger partial charge in [0.05, 0.1) is 26.4 Å². The van der Waals surface area contributed by atoms with Crippen molar-refractivity contribution in [3.05, 3.63) is 17.7 Å². The lowest BCUT2D eigenvalue weighted by Crippen LogP contribution is -2.22. The molecule has 0 saturated carbocycles. The zero-order chi connectivity index (χ0) is 15.2. The van der Waals surface area contributed by atoms with E-state index in [2.05, 4.69) is 0 Å². The lowest BCUT2D eigenvalue weighted by atomic mass is 10.2. The van der Waals surface area contributed by atoms with Gasteiger partial charge in [0.1, 0.15) is 12.9 Å². The van der Waals surface area contributed by atoms with Crippen LogP contribution < -0.4 is 14.2 Å². The molecular formula is C15H22O5. The number of hydrogen-bond donors (Lipinski definition) is 0. The normalized spacial score (nSPS) is 11.1. The average molecular weight is 282 g/mol. The summed E-state index contributed by atoms with van der Waals surface area (Å²) in [4.78, 5) is 10.9. The molecule has 0 atom stereocenters. The molecule has 0 saturated heterocycles. The minimum absolute atomic E-state index is 0.209. The average Bonchev–Trinajstić information content (AvgIpc) is 2.41. The Kier molecular flexibility index (Phi) is 5.82. The quantitative estimate of drug-likeness (QED) is 0.568. The Morgan fingerprint density at radius 3 is 2.00 bits per heavy atom. The lowest BCUT2D eigenvalue weighted by Gasteiger charge is -2.20. The van der Waals surface area contributed by atoms with E-state index >= 15 is 0 Å². The standard InChI is InChI=1S/C15H22O5/c1-15(2,3)20-7-6-19-14-12(17-4)8-11(10-16)9-13(14)18-5/h8-10H,6-7H2,1-5H3. The molecule has 1 rings (SSSR count). The van der Waals surface area contributed by atoms with Gasteiger partial charge in [0.2, 0.25) is 5.75 Å². The maximum Gasteiger partial charge on any atom is 0.203 e. The predicted molar refractivity (Wildman–Crippen MR) is 76.1 cm³/mol. The Morgan fingerprint density at radius 2 is 1.60 bits per heavy atom. The molecule has 5 heteroatoms. The van der Waals surface area contributed by atoms with E-state index in [9.17, 15) is 4.79 Å². The Hall–Kier alpha value is -1.75. The van der Waals surface area contributed by atoms with Gasteiger partial charge in [-0.2, -0.15) is 0 Å². The fourth-order valence-electron chi connectivity index (χ4n) is 1.60. The van der Waals surface area contributed by atoms with Crippen LogP contribution in [-0.2, 0) is 4.74 Å². The Labute approximate surface area is 119 Å².